The Labute approximate surface area is 366 Å². The minimum absolute atomic E-state index is 0.0514. The van der Waals surface area contributed by atoms with E-state index < -0.39 is 33.4 Å². The van der Waals surface area contributed by atoms with Crippen LogP contribution in [-0.4, -0.2) is 130 Å². The highest BCUT2D eigenvalue weighted by molar-refractivity contribution is 7.92. The van der Waals surface area contributed by atoms with E-state index in [2.05, 4.69) is 10.1 Å². The molecule has 16 nitrogen and oxygen atoms in total. The third kappa shape index (κ3) is 14.9. The molecule has 3 aromatic carbocycles. The van der Waals surface area contributed by atoms with Gasteiger partial charge in [-0.1, -0.05) is 24.3 Å². The van der Waals surface area contributed by atoms with Crippen molar-refractivity contribution < 1.29 is 69.9 Å². The molecule has 0 atom stereocenters. The van der Waals surface area contributed by atoms with Crippen LogP contribution in [0.15, 0.2) is 76.9 Å². The molecule has 0 bridgehead atoms. The molecule has 2 N–H and O–H groups in total. The predicted octanol–water partition coefficient (Wildman–Crippen LogP) is 5.73. The molecule has 0 saturated heterocycles. The summed E-state index contributed by atoms with van der Waals surface area (Å²) in [4.78, 5) is 36.8. The summed E-state index contributed by atoms with van der Waals surface area (Å²) in [6, 6.07) is 15.7. The molecule has 18 heteroatoms. The molecule has 0 radical (unpaired) electrons. The Hall–Kier alpha value is -5.21. The quantitative estimate of drug-likeness (QED) is 0.0220. The van der Waals surface area contributed by atoms with Crippen molar-refractivity contribution in [2.45, 2.75) is 32.3 Å². The summed E-state index contributed by atoms with van der Waals surface area (Å²) in [6.07, 6.45) is 3.74. The average molecular weight is 899 g/mol. The fourth-order valence-corrected chi connectivity index (χ4v) is 7.30. The molecule has 1 heterocycles. The van der Waals surface area contributed by atoms with Gasteiger partial charge < -0.3 is 48.0 Å². The fraction of sp³-hybridized carbons (Fsp3) is 0.444. The lowest BCUT2D eigenvalue weighted by Crippen LogP contribution is -2.34. The Kier molecular flexibility index (Phi) is 19.1. The molecule has 1 aromatic heterocycles. The highest BCUT2D eigenvalue weighted by Gasteiger charge is 2.33. The number of rotatable bonds is 29. The van der Waals surface area contributed by atoms with E-state index in [0.717, 1.165) is 36.3 Å². The van der Waals surface area contributed by atoms with Crippen LogP contribution in [0.2, 0.25) is 0 Å². The number of benzene rings is 3. The Morgan fingerprint density at radius 2 is 1.38 bits per heavy atom. The Morgan fingerprint density at radius 3 is 1.90 bits per heavy atom. The van der Waals surface area contributed by atoms with Crippen LogP contribution in [0.5, 0.6) is 0 Å². The maximum absolute atomic E-state index is 13.7. The molecule has 1 aliphatic carbocycles. The van der Waals surface area contributed by atoms with Crippen LogP contribution in [0.3, 0.4) is 0 Å². The number of carbonyl (C=O) groups excluding carboxylic acids is 3. The number of carbonyl (C=O) groups is 3. The van der Waals surface area contributed by atoms with Crippen molar-refractivity contribution in [1.82, 2.24) is 5.32 Å². The summed E-state index contributed by atoms with van der Waals surface area (Å²) in [7, 11) is -2.22. The fourth-order valence-electron chi connectivity index (χ4n) is 6.38. The van der Waals surface area contributed by atoms with E-state index in [1.807, 2.05) is 6.07 Å². The van der Waals surface area contributed by atoms with Crippen molar-refractivity contribution >= 4 is 44.3 Å². The molecule has 1 fully saturated rings. The van der Waals surface area contributed by atoms with Gasteiger partial charge in [-0.05, 0) is 67.1 Å². The smallest absolute Gasteiger partial charge is 0.373 e. The number of amides is 1. The Morgan fingerprint density at radius 1 is 0.825 bits per heavy atom. The maximum atomic E-state index is 13.7. The zero-order chi connectivity index (χ0) is 45.2. The molecule has 0 aliphatic heterocycles. The number of anilines is 1. The molecule has 1 saturated carbocycles. The molecule has 342 valence electrons. The van der Waals surface area contributed by atoms with E-state index in [1.54, 1.807) is 37.3 Å². The number of ketones is 1. The van der Waals surface area contributed by atoms with Crippen molar-refractivity contribution in [2.24, 2.45) is 0 Å². The summed E-state index contributed by atoms with van der Waals surface area (Å²) in [5.74, 6) is -2.63. The van der Waals surface area contributed by atoms with Crippen molar-refractivity contribution in [1.29, 1.82) is 0 Å². The number of ether oxygens (including phenoxy) is 7. The van der Waals surface area contributed by atoms with Gasteiger partial charge in [0.05, 0.1) is 110 Å². The summed E-state index contributed by atoms with van der Waals surface area (Å²) in [5.41, 5.74) is 3.56. The molecule has 5 rings (SSSR count). The van der Waals surface area contributed by atoms with E-state index in [9.17, 15) is 32.3 Å². The molecular formula is C45H55FN2O14S. The van der Waals surface area contributed by atoms with Crippen LogP contribution < -0.4 is 9.62 Å². The second-order valence-electron chi connectivity index (χ2n) is 14.3. The van der Waals surface area contributed by atoms with Crippen LogP contribution in [0.25, 0.3) is 22.3 Å². The zero-order valence-corrected chi connectivity index (χ0v) is 36.5. The minimum Gasteiger partial charge on any atom is -0.502 e. The number of hydrogen-bond acceptors (Lipinski definition) is 14. The van der Waals surface area contributed by atoms with Gasteiger partial charge in [0.15, 0.2) is 5.78 Å². The number of hydrogen-bond donors (Lipinski definition) is 2. The molecule has 0 unspecified atom stereocenters. The van der Waals surface area contributed by atoms with Gasteiger partial charge in [0.25, 0.3) is 5.91 Å². The van der Waals surface area contributed by atoms with E-state index >= 15 is 0 Å². The number of nitrogens with one attached hydrogen (secondary N) is 1. The van der Waals surface area contributed by atoms with Gasteiger partial charge in [-0.3, -0.25) is 13.9 Å². The van der Waals surface area contributed by atoms with Crippen LogP contribution in [0, 0.1) is 5.82 Å². The van der Waals surface area contributed by atoms with Crippen LogP contribution in [-0.2, 0) is 54.6 Å². The van der Waals surface area contributed by atoms with E-state index in [1.165, 1.54) is 35.6 Å². The lowest BCUT2D eigenvalue weighted by molar-refractivity contribution is -0.141. The number of allylic oxidation sites excluding steroid dienone is 1. The zero-order valence-electron chi connectivity index (χ0n) is 35.7. The normalized spacial score (nSPS) is 13.0. The third-order valence-corrected chi connectivity index (χ3v) is 10.8. The SMILES string of the molecule is CCOC(=O)/C(O)=C/C(=O)c1ccc(COCCOCCOCCOCCOCCOCCN(c2cc3oc(-c4ccc(F)cc4)c(C(=O)NC)c3cc2C2CC2)S(C)(=O)=O)cc1. The molecule has 1 aliphatic rings. The highest BCUT2D eigenvalue weighted by Crippen LogP contribution is 2.48. The Balaban J connectivity index is 0.920. The minimum atomic E-state index is -3.74. The average Bonchev–Trinajstić information content (AvgIpc) is 4.05. The van der Waals surface area contributed by atoms with Gasteiger partial charge in [-0.25, -0.2) is 17.6 Å². The number of aliphatic hydroxyl groups is 1. The van der Waals surface area contributed by atoms with Gasteiger partial charge >= 0.3 is 5.97 Å². The number of sulfonamides is 1. The summed E-state index contributed by atoms with van der Waals surface area (Å²) in [6.45, 7) is 5.67. The number of aliphatic hydroxyl groups excluding tert-OH is 1. The first-order chi connectivity index (χ1) is 30.4. The standard InChI is InChI=1S/C45H55FN2O14S/c1-4-61-45(52)40(50)29-39(49)33-7-5-31(6-8-33)30-60-26-25-59-24-23-58-22-21-57-20-19-56-18-17-55-16-15-48(63(3,53)54)38-28-41-37(27-36(38)32-9-10-32)42(44(51)47-2)43(62-41)34-11-13-35(46)14-12-34/h5-8,11-14,27-29,32,50H,4,9-10,15-26,30H2,1-3H3,(H,47,51)/b40-29-. The predicted molar refractivity (Wildman–Crippen MR) is 231 cm³/mol. The van der Waals surface area contributed by atoms with Crippen LogP contribution in [0.1, 0.15) is 57.5 Å². The highest BCUT2D eigenvalue weighted by atomic mass is 32.2. The van der Waals surface area contributed by atoms with Gasteiger partial charge in [0.1, 0.15) is 17.2 Å². The summed E-state index contributed by atoms with van der Waals surface area (Å²) < 4.78 is 85.6. The number of fused-ring (bicyclic) bond motifs is 1. The largest absolute Gasteiger partial charge is 0.502 e. The van der Waals surface area contributed by atoms with Crippen molar-refractivity contribution in [2.75, 3.05) is 103 Å². The summed E-state index contributed by atoms with van der Waals surface area (Å²) >= 11 is 0. The van der Waals surface area contributed by atoms with Gasteiger partial charge in [0, 0.05) is 35.7 Å². The second-order valence-corrected chi connectivity index (χ2v) is 16.2. The van der Waals surface area contributed by atoms with Crippen molar-refractivity contribution in [3.05, 3.63) is 101 Å². The monoisotopic (exact) mass is 898 g/mol. The maximum Gasteiger partial charge on any atom is 0.373 e. The lowest BCUT2D eigenvalue weighted by atomic mass is 10.0. The van der Waals surface area contributed by atoms with Gasteiger partial charge in [-0.15, -0.1) is 0 Å². The van der Waals surface area contributed by atoms with Gasteiger partial charge in [0.2, 0.25) is 15.8 Å². The van der Waals surface area contributed by atoms with Crippen LogP contribution in [0.4, 0.5) is 10.1 Å². The van der Waals surface area contributed by atoms with Crippen LogP contribution >= 0.6 is 0 Å². The molecule has 4 aromatic rings. The lowest BCUT2D eigenvalue weighted by Gasteiger charge is -2.25. The van der Waals surface area contributed by atoms with Gasteiger partial charge in [-0.2, -0.15) is 0 Å². The van der Waals surface area contributed by atoms with Crippen molar-refractivity contribution in [3.63, 3.8) is 0 Å². The molecule has 63 heavy (non-hydrogen) atoms. The summed E-state index contributed by atoms with van der Waals surface area (Å²) in [5, 5.41) is 12.9. The number of nitrogens with zero attached hydrogens (tertiary/aromatic N) is 1. The number of halogens is 1. The van der Waals surface area contributed by atoms with E-state index in [4.69, 9.17) is 32.8 Å². The Bertz CT molecular complexity index is 2260. The molecule has 0 spiro atoms. The molecular weight excluding hydrogens is 844 g/mol. The first-order valence-corrected chi connectivity index (χ1v) is 22.5. The molecule has 1 amide bonds. The van der Waals surface area contributed by atoms with Crippen molar-refractivity contribution in [3.8, 4) is 11.3 Å². The van der Waals surface area contributed by atoms with E-state index in [-0.39, 0.29) is 50.6 Å². The second kappa shape index (κ2) is 24.6. The first kappa shape index (κ1) is 48.8. The topological polar surface area (TPSA) is 199 Å². The third-order valence-electron chi connectivity index (χ3n) is 9.64. The van der Waals surface area contributed by atoms with E-state index in [0.29, 0.717) is 92.8 Å². The number of furan rings is 1. The number of esters is 1. The first-order valence-electron chi connectivity index (χ1n) is 20.6.